The molecule has 9 heteroatoms. The van der Waals surface area contributed by atoms with Crippen LogP contribution in [0.4, 0.5) is 17.1 Å². The van der Waals surface area contributed by atoms with Crippen LogP contribution in [-0.2, 0) is 14.8 Å². The van der Waals surface area contributed by atoms with Gasteiger partial charge in [-0.3, -0.25) is 24.2 Å². The number of sulfonamides is 1. The van der Waals surface area contributed by atoms with Crippen LogP contribution in [0.15, 0.2) is 47.6 Å². The Morgan fingerprint density at radius 2 is 1.53 bits per heavy atom. The highest BCUT2D eigenvalue weighted by Gasteiger charge is 2.28. The van der Waals surface area contributed by atoms with E-state index in [0.29, 0.717) is 22.6 Å². The van der Waals surface area contributed by atoms with Crippen LogP contribution in [0, 0.1) is 34.6 Å². The molecule has 3 aromatic rings. The normalized spacial score (nSPS) is 13.3. The Kier molecular flexibility index (Phi) is 5.91. The second-order valence-electron chi connectivity index (χ2n) is 8.47. The highest BCUT2D eigenvalue weighted by atomic mass is 32.2. The molecule has 0 saturated heterocycles. The molecule has 0 atom stereocenters. The quantitative estimate of drug-likeness (QED) is 0.589. The summed E-state index contributed by atoms with van der Waals surface area (Å²) in [6, 6.07) is 7.82. The molecule has 1 aromatic heterocycles. The molecular weight excluding hydrogens is 452 g/mol. The number of hydrogen-bond donors (Lipinski definition) is 2. The van der Waals surface area contributed by atoms with Crippen LogP contribution in [-0.4, -0.2) is 31.8 Å². The molecular formula is C25H26N4O4S. The van der Waals surface area contributed by atoms with E-state index in [2.05, 4.69) is 15.0 Å². The molecule has 2 N–H and O–H groups in total. The summed E-state index contributed by atoms with van der Waals surface area (Å²) in [7, 11) is -3.84. The van der Waals surface area contributed by atoms with Crippen molar-refractivity contribution in [2.24, 2.45) is 0 Å². The van der Waals surface area contributed by atoms with Crippen molar-refractivity contribution in [1.29, 1.82) is 0 Å². The largest absolute Gasteiger partial charge is 0.321 e. The van der Waals surface area contributed by atoms with E-state index in [-0.39, 0.29) is 23.3 Å². The van der Waals surface area contributed by atoms with Crippen LogP contribution >= 0.6 is 0 Å². The van der Waals surface area contributed by atoms with E-state index in [0.717, 1.165) is 27.8 Å². The Morgan fingerprint density at radius 1 is 0.941 bits per heavy atom. The molecule has 2 amide bonds. The molecule has 2 heterocycles. The number of amides is 2. The number of nitrogens with one attached hydrogen (secondary N) is 2. The van der Waals surface area contributed by atoms with E-state index in [1.54, 1.807) is 36.5 Å². The first-order valence-electron chi connectivity index (χ1n) is 10.8. The van der Waals surface area contributed by atoms with Crippen LogP contribution in [0.3, 0.4) is 0 Å². The molecule has 176 valence electrons. The minimum absolute atomic E-state index is 0.116. The molecule has 1 aliphatic rings. The van der Waals surface area contributed by atoms with E-state index >= 15 is 0 Å². The predicted octanol–water partition coefficient (Wildman–Crippen LogP) is 4.02. The van der Waals surface area contributed by atoms with Crippen LogP contribution in [0.5, 0.6) is 0 Å². The zero-order valence-corrected chi connectivity index (χ0v) is 20.5. The van der Waals surface area contributed by atoms with Crippen molar-refractivity contribution in [3.05, 3.63) is 76.1 Å². The van der Waals surface area contributed by atoms with Gasteiger partial charge in [-0.2, -0.15) is 0 Å². The third-order valence-electron chi connectivity index (χ3n) is 6.49. The molecule has 0 unspecified atom stereocenters. The maximum absolute atomic E-state index is 13.3. The summed E-state index contributed by atoms with van der Waals surface area (Å²) in [5.74, 6) is -0.680. The first kappa shape index (κ1) is 23.4. The minimum Gasteiger partial charge on any atom is -0.321 e. The minimum atomic E-state index is -3.84. The fourth-order valence-electron chi connectivity index (χ4n) is 4.23. The van der Waals surface area contributed by atoms with Crippen molar-refractivity contribution in [3.8, 4) is 0 Å². The summed E-state index contributed by atoms with van der Waals surface area (Å²) in [4.78, 5) is 30.8. The summed E-state index contributed by atoms with van der Waals surface area (Å²) in [6.07, 6.45) is 3.04. The lowest BCUT2D eigenvalue weighted by Gasteiger charge is -2.28. The summed E-state index contributed by atoms with van der Waals surface area (Å²) >= 11 is 0. The van der Waals surface area contributed by atoms with E-state index in [1.165, 1.54) is 11.1 Å². The summed E-state index contributed by atoms with van der Waals surface area (Å²) < 4.78 is 29.2. The lowest BCUT2D eigenvalue weighted by atomic mass is 9.95. The highest BCUT2D eigenvalue weighted by Crippen LogP contribution is 2.32. The Balaban J connectivity index is 1.61. The van der Waals surface area contributed by atoms with Gasteiger partial charge in [0.2, 0.25) is 5.91 Å². The topological polar surface area (TPSA) is 108 Å². The van der Waals surface area contributed by atoms with Gasteiger partial charge >= 0.3 is 0 Å². The second-order valence-corrected chi connectivity index (χ2v) is 10.1. The number of carbonyl (C=O) groups is 2. The van der Waals surface area contributed by atoms with Crippen molar-refractivity contribution in [2.75, 3.05) is 21.5 Å². The molecule has 2 aromatic carbocycles. The van der Waals surface area contributed by atoms with Gasteiger partial charge < -0.3 is 5.32 Å². The van der Waals surface area contributed by atoms with E-state index < -0.39 is 10.0 Å². The lowest BCUT2D eigenvalue weighted by molar-refractivity contribution is -0.115. The fourth-order valence-corrected chi connectivity index (χ4v) is 5.89. The van der Waals surface area contributed by atoms with Crippen molar-refractivity contribution in [3.63, 3.8) is 0 Å². The van der Waals surface area contributed by atoms with Crippen molar-refractivity contribution in [2.45, 2.75) is 39.5 Å². The molecule has 0 bridgehead atoms. The number of fused-ring (bicyclic) bond motifs is 1. The Hall–Kier alpha value is -3.72. The van der Waals surface area contributed by atoms with Gasteiger partial charge in [-0.25, -0.2) is 8.42 Å². The zero-order chi connectivity index (χ0) is 24.8. The predicted molar refractivity (Wildman–Crippen MR) is 132 cm³/mol. The molecule has 0 aliphatic carbocycles. The molecule has 0 radical (unpaired) electrons. The SMILES string of the molecule is Cc1c(C)c(C)c(S(=O)(=O)Nc2ccc(C(=O)N3CC(=O)Nc4cnccc43)cc2)c(C)c1C. The number of benzene rings is 2. The van der Waals surface area contributed by atoms with Gasteiger partial charge in [0.1, 0.15) is 6.54 Å². The first-order chi connectivity index (χ1) is 16.0. The maximum Gasteiger partial charge on any atom is 0.262 e. The van der Waals surface area contributed by atoms with Crippen LogP contribution in [0.25, 0.3) is 0 Å². The van der Waals surface area contributed by atoms with Gasteiger partial charge in [0.15, 0.2) is 0 Å². The second kappa shape index (κ2) is 8.57. The van der Waals surface area contributed by atoms with Crippen molar-refractivity contribution < 1.29 is 18.0 Å². The van der Waals surface area contributed by atoms with Gasteiger partial charge in [0.25, 0.3) is 15.9 Å². The Bertz CT molecular complexity index is 1400. The highest BCUT2D eigenvalue weighted by molar-refractivity contribution is 7.92. The Morgan fingerprint density at radius 3 is 2.15 bits per heavy atom. The summed E-state index contributed by atoms with van der Waals surface area (Å²) in [5, 5.41) is 2.69. The maximum atomic E-state index is 13.3. The van der Waals surface area contributed by atoms with Crippen LogP contribution in [0.1, 0.15) is 38.2 Å². The van der Waals surface area contributed by atoms with Gasteiger partial charge in [-0.15, -0.1) is 0 Å². The average molecular weight is 479 g/mol. The van der Waals surface area contributed by atoms with Crippen molar-refractivity contribution in [1.82, 2.24) is 4.98 Å². The van der Waals surface area contributed by atoms with Crippen LogP contribution in [0.2, 0.25) is 0 Å². The summed E-state index contributed by atoms with van der Waals surface area (Å²) in [5.41, 5.74) is 6.11. The number of pyridine rings is 1. The number of anilines is 3. The zero-order valence-electron chi connectivity index (χ0n) is 19.7. The number of hydrogen-bond acceptors (Lipinski definition) is 5. The van der Waals surface area contributed by atoms with E-state index in [1.807, 2.05) is 34.6 Å². The van der Waals surface area contributed by atoms with Crippen LogP contribution < -0.4 is 14.9 Å². The molecule has 34 heavy (non-hydrogen) atoms. The monoisotopic (exact) mass is 478 g/mol. The molecule has 8 nitrogen and oxygen atoms in total. The molecule has 0 fully saturated rings. The number of aromatic nitrogens is 1. The Labute approximate surface area is 199 Å². The number of rotatable bonds is 4. The average Bonchev–Trinajstić information content (AvgIpc) is 2.80. The standard InChI is InChI=1S/C25H26N4O4S/c1-14-15(2)17(4)24(18(5)16(14)3)34(32,33)28-20-8-6-19(7-9-20)25(31)29-13-23(30)27-21-12-26-11-10-22(21)29/h6-12,28H,13H2,1-5H3,(H,27,30). The third kappa shape index (κ3) is 4.03. The van der Waals surface area contributed by atoms with Gasteiger partial charge in [-0.1, -0.05) is 0 Å². The van der Waals surface area contributed by atoms with Crippen molar-refractivity contribution >= 4 is 38.9 Å². The van der Waals surface area contributed by atoms with Gasteiger partial charge in [0.05, 0.1) is 22.5 Å². The molecule has 0 spiro atoms. The molecule has 1 aliphatic heterocycles. The fraction of sp³-hybridized carbons (Fsp3) is 0.240. The number of carbonyl (C=O) groups excluding carboxylic acids is 2. The lowest BCUT2D eigenvalue weighted by Crippen LogP contribution is -2.42. The molecule has 0 saturated carbocycles. The van der Waals surface area contributed by atoms with Gasteiger partial charge in [-0.05, 0) is 92.8 Å². The first-order valence-corrected chi connectivity index (χ1v) is 12.2. The smallest absolute Gasteiger partial charge is 0.262 e. The van der Waals surface area contributed by atoms with E-state index in [4.69, 9.17) is 0 Å². The summed E-state index contributed by atoms with van der Waals surface area (Å²) in [6.45, 7) is 9.34. The van der Waals surface area contributed by atoms with Gasteiger partial charge in [0, 0.05) is 17.4 Å². The third-order valence-corrected chi connectivity index (χ3v) is 8.15. The van der Waals surface area contributed by atoms with E-state index in [9.17, 15) is 18.0 Å². The number of nitrogens with zero attached hydrogens (tertiary/aromatic N) is 2. The molecule has 4 rings (SSSR count).